The molecule has 1 saturated carbocycles. The fourth-order valence-corrected chi connectivity index (χ4v) is 5.67. The Kier molecular flexibility index (Phi) is 5.23. The molecule has 0 unspecified atom stereocenters. The number of likely N-dealkylation sites (tertiary alicyclic amines) is 2. The van der Waals surface area contributed by atoms with Crippen molar-refractivity contribution in [3.63, 3.8) is 0 Å². The summed E-state index contributed by atoms with van der Waals surface area (Å²) in [6.07, 6.45) is 2.47. The lowest BCUT2D eigenvalue weighted by Gasteiger charge is -2.50. The highest BCUT2D eigenvalue weighted by molar-refractivity contribution is 7.11. The van der Waals surface area contributed by atoms with E-state index in [1.165, 1.54) is 11.3 Å². The fourth-order valence-electron chi connectivity index (χ4n) is 5.08. The first kappa shape index (κ1) is 21.9. The SMILES string of the molecule is Cc1ccc(CNC(=O)[C@@H]2CN(C(=O)c3cncs3)CC23CN(C(=O)[C@H]2CC2(C)C)C3)nn1. The van der Waals surface area contributed by atoms with Crippen molar-refractivity contribution >= 4 is 29.1 Å². The van der Waals surface area contributed by atoms with Crippen LogP contribution in [0.1, 0.15) is 41.3 Å². The Balaban J connectivity index is 1.30. The predicted octanol–water partition coefficient (Wildman–Crippen LogP) is 1.50. The number of aromatic nitrogens is 3. The van der Waals surface area contributed by atoms with E-state index < -0.39 is 5.41 Å². The van der Waals surface area contributed by atoms with Gasteiger partial charge in [0, 0.05) is 37.5 Å². The molecule has 10 heteroatoms. The molecular formula is C23H28N6O3S. The van der Waals surface area contributed by atoms with Crippen LogP contribution in [-0.4, -0.2) is 68.9 Å². The van der Waals surface area contributed by atoms with E-state index in [1.54, 1.807) is 16.6 Å². The summed E-state index contributed by atoms with van der Waals surface area (Å²) in [6.45, 7) is 8.17. The molecule has 2 aliphatic heterocycles. The van der Waals surface area contributed by atoms with Gasteiger partial charge in [-0.2, -0.15) is 10.2 Å². The largest absolute Gasteiger partial charge is 0.350 e. The molecule has 1 N–H and O–H groups in total. The zero-order valence-electron chi connectivity index (χ0n) is 19.1. The minimum absolute atomic E-state index is 0.0650. The van der Waals surface area contributed by atoms with Crippen LogP contribution in [0.4, 0.5) is 0 Å². The molecule has 3 amide bonds. The average Bonchev–Trinajstić information content (AvgIpc) is 3.17. The van der Waals surface area contributed by atoms with E-state index in [1.807, 2.05) is 24.0 Å². The Morgan fingerprint density at radius 1 is 1.12 bits per heavy atom. The van der Waals surface area contributed by atoms with Crippen molar-refractivity contribution in [2.75, 3.05) is 26.2 Å². The van der Waals surface area contributed by atoms with E-state index in [-0.39, 0.29) is 41.5 Å². The van der Waals surface area contributed by atoms with E-state index in [0.29, 0.717) is 36.8 Å². The van der Waals surface area contributed by atoms with E-state index in [0.717, 1.165) is 12.1 Å². The molecule has 1 spiro atoms. The maximum Gasteiger partial charge on any atom is 0.265 e. The minimum atomic E-state index is -0.419. The second-order valence-electron chi connectivity index (χ2n) is 10.3. The van der Waals surface area contributed by atoms with E-state index in [9.17, 15) is 14.4 Å². The monoisotopic (exact) mass is 468 g/mol. The van der Waals surface area contributed by atoms with Gasteiger partial charge in [-0.3, -0.25) is 19.4 Å². The van der Waals surface area contributed by atoms with Crippen LogP contribution in [0.2, 0.25) is 0 Å². The van der Waals surface area contributed by atoms with Crippen molar-refractivity contribution < 1.29 is 14.4 Å². The van der Waals surface area contributed by atoms with Gasteiger partial charge in [-0.05, 0) is 30.9 Å². The third-order valence-electron chi connectivity index (χ3n) is 7.33. The maximum atomic E-state index is 13.3. The molecule has 3 fully saturated rings. The molecule has 0 bridgehead atoms. The van der Waals surface area contributed by atoms with Crippen molar-refractivity contribution in [2.24, 2.45) is 22.7 Å². The molecule has 1 aliphatic carbocycles. The van der Waals surface area contributed by atoms with Gasteiger partial charge in [0.15, 0.2) is 0 Å². The standard InChI is InChI=1S/C23H28N6O3S/c1-14-4-5-15(27-26-14)7-25-19(30)17-9-28(21(32)18-8-24-13-33-18)10-23(17)11-29(12-23)20(31)16-6-22(16,2)3/h4-5,8,13,16-17H,6-7,9-12H2,1-3H3,(H,25,30)/t16-,17+/m1/s1. The molecule has 0 aromatic carbocycles. The molecule has 2 aromatic heterocycles. The summed E-state index contributed by atoms with van der Waals surface area (Å²) >= 11 is 1.30. The van der Waals surface area contributed by atoms with Crippen LogP contribution in [0.5, 0.6) is 0 Å². The number of hydrogen-bond donors (Lipinski definition) is 1. The smallest absolute Gasteiger partial charge is 0.265 e. The van der Waals surface area contributed by atoms with Crippen LogP contribution in [0, 0.1) is 29.6 Å². The number of nitrogens with zero attached hydrogens (tertiary/aromatic N) is 5. The van der Waals surface area contributed by atoms with Gasteiger partial charge < -0.3 is 15.1 Å². The number of hydrogen-bond acceptors (Lipinski definition) is 7. The topological polar surface area (TPSA) is 108 Å². The van der Waals surface area contributed by atoms with E-state index in [2.05, 4.69) is 34.3 Å². The third kappa shape index (κ3) is 4.01. The fraction of sp³-hybridized carbons (Fsp3) is 0.565. The molecule has 5 rings (SSSR count). The molecule has 33 heavy (non-hydrogen) atoms. The highest BCUT2D eigenvalue weighted by Gasteiger charge is 2.61. The van der Waals surface area contributed by atoms with Gasteiger partial charge in [0.05, 0.1) is 35.6 Å². The average molecular weight is 469 g/mol. The summed E-state index contributed by atoms with van der Waals surface area (Å²) in [5.74, 6) is -0.366. The second-order valence-corrected chi connectivity index (χ2v) is 11.2. The van der Waals surface area contributed by atoms with Gasteiger partial charge in [0.2, 0.25) is 11.8 Å². The number of carbonyl (C=O) groups is 3. The summed E-state index contributed by atoms with van der Waals surface area (Å²) in [4.78, 5) is 47.3. The number of amides is 3. The summed E-state index contributed by atoms with van der Waals surface area (Å²) in [7, 11) is 0. The number of nitrogens with one attached hydrogen (secondary N) is 1. The van der Waals surface area contributed by atoms with Gasteiger partial charge in [-0.1, -0.05) is 13.8 Å². The Morgan fingerprint density at radius 2 is 1.85 bits per heavy atom. The summed E-state index contributed by atoms with van der Waals surface area (Å²) < 4.78 is 0. The molecule has 4 heterocycles. The zero-order valence-corrected chi connectivity index (χ0v) is 19.9. The summed E-state index contributed by atoms with van der Waals surface area (Å²) in [5, 5.41) is 11.1. The molecule has 9 nitrogen and oxygen atoms in total. The van der Waals surface area contributed by atoms with Crippen molar-refractivity contribution in [1.29, 1.82) is 0 Å². The normalized spacial score (nSPS) is 24.5. The molecule has 2 saturated heterocycles. The van der Waals surface area contributed by atoms with Crippen molar-refractivity contribution in [3.8, 4) is 0 Å². The molecule has 2 atom stereocenters. The van der Waals surface area contributed by atoms with Crippen LogP contribution in [0.15, 0.2) is 23.8 Å². The maximum absolute atomic E-state index is 13.3. The minimum Gasteiger partial charge on any atom is -0.350 e. The van der Waals surface area contributed by atoms with Gasteiger partial charge in [0.25, 0.3) is 5.91 Å². The van der Waals surface area contributed by atoms with Crippen LogP contribution < -0.4 is 5.32 Å². The molecule has 0 radical (unpaired) electrons. The number of aryl methyl sites for hydroxylation is 1. The van der Waals surface area contributed by atoms with E-state index >= 15 is 0 Å². The van der Waals surface area contributed by atoms with Crippen molar-refractivity contribution in [1.82, 2.24) is 30.3 Å². The summed E-state index contributed by atoms with van der Waals surface area (Å²) in [5.41, 5.74) is 2.77. The second kappa shape index (κ2) is 7.86. The Morgan fingerprint density at radius 3 is 2.45 bits per heavy atom. The zero-order chi connectivity index (χ0) is 23.4. The van der Waals surface area contributed by atoms with Crippen LogP contribution in [-0.2, 0) is 16.1 Å². The van der Waals surface area contributed by atoms with Gasteiger partial charge in [0.1, 0.15) is 4.88 Å². The van der Waals surface area contributed by atoms with Crippen LogP contribution in [0.25, 0.3) is 0 Å². The van der Waals surface area contributed by atoms with Gasteiger partial charge >= 0.3 is 0 Å². The Bertz CT molecular complexity index is 1080. The number of carbonyl (C=O) groups excluding carboxylic acids is 3. The molecule has 3 aliphatic rings. The lowest BCUT2D eigenvalue weighted by molar-refractivity contribution is -0.151. The van der Waals surface area contributed by atoms with Gasteiger partial charge in [-0.25, -0.2) is 0 Å². The quantitative estimate of drug-likeness (QED) is 0.713. The van der Waals surface area contributed by atoms with Crippen LogP contribution >= 0.6 is 11.3 Å². The number of thiazole rings is 1. The van der Waals surface area contributed by atoms with Crippen molar-refractivity contribution in [2.45, 2.75) is 33.7 Å². The highest BCUT2D eigenvalue weighted by atomic mass is 32.1. The molecular weight excluding hydrogens is 440 g/mol. The highest BCUT2D eigenvalue weighted by Crippen LogP contribution is 2.54. The first-order valence-electron chi connectivity index (χ1n) is 11.2. The third-order valence-corrected chi connectivity index (χ3v) is 8.09. The summed E-state index contributed by atoms with van der Waals surface area (Å²) in [6, 6.07) is 3.70. The Hall–Kier alpha value is -2.88. The van der Waals surface area contributed by atoms with Gasteiger partial charge in [-0.15, -0.1) is 11.3 Å². The predicted molar refractivity (Wildman–Crippen MR) is 121 cm³/mol. The first-order chi connectivity index (χ1) is 15.7. The Labute approximate surface area is 196 Å². The molecule has 2 aromatic rings. The number of rotatable bonds is 5. The first-order valence-corrected chi connectivity index (χ1v) is 12.1. The lowest BCUT2D eigenvalue weighted by atomic mass is 9.71. The van der Waals surface area contributed by atoms with Crippen molar-refractivity contribution in [3.05, 3.63) is 40.1 Å². The lowest BCUT2D eigenvalue weighted by Crippen LogP contribution is -2.64. The van der Waals surface area contributed by atoms with Crippen LogP contribution in [0.3, 0.4) is 0 Å². The van der Waals surface area contributed by atoms with E-state index in [4.69, 9.17) is 0 Å². The molecule has 174 valence electrons.